The Kier molecular flexibility index (Phi) is 13.2. The number of nitrogens with zero attached hydrogens (tertiary/aromatic N) is 3. The summed E-state index contributed by atoms with van der Waals surface area (Å²) in [5.41, 5.74) is 0.387. The normalized spacial score (nSPS) is 21.1. The SMILES string of the molecule is Cc1noc(C)c1S(=O)(=O)N(C)C[C@@H]1OCCCC[C@H](C)Oc2ccc(NC(=O)CCC(F)(F)F)cc2C(=O)N([C@@H](C)CO)C[C@H]1C. The third-order valence-electron chi connectivity index (χ3n) is 8.04. The number of alkyl halides is 3. The molecule has 2 N–H and O–H groups in total. The fourth-order valence-electron chi connectivity index (χ4n) is 5.29. The fraction of sp³-hybridized carbons (Fsp3) is 0.645. The van der Waals surface area contributed by atoms with E-state index in [-0.39, 0.29) is 52.5 Å². The molecule has 264 valence electrons. The van der Waals surface area contributed by atoms with Gasteiger partial charge < -0.3 is 29.3 Å². The summed E-state index contributed by atoms with van der Waals surface area (Å²) in [6.45, 7) is 8.28. The molecule has 0 spiro atoms. The fourth-order valence-corrected chi connectivity index (χ4v) is 6.76. The van der Waals surface area contributed by atoms with Crippen LogP contribution in [0.5, 0.6) is 5.75 Å². The van der Waals surface area contributed by atoms with Gasteiger partial charge in [0.05, 0.1) is 36.8 Å². The molecule has 1 aromatic heterocycles. The molecule has 1 aromatic carbocycles. The van der Waals surface area contributed by atoms with Crippen molar-refractivity contribution >= 4 is 27.5 Å². The lowest BCUT2D eigenvalue weighted by Gasteiger charge is -2.35. The largest absolute Gasteiger partial charge is 0.490 e. The first kappa shape index (κ1) is 38.2. The lowest BCUT2D eigenvalue weighted by Crippen LogP contribution is -2.48. The zero-order valence-electron chi connectivity index (χ0n) is 27.6. The molecule has 1 aliphatic heterocycles. The van der Waals surface area contributed by atoms with E-state index in [1.807, 2.05) is 13.8 Å². The summed E-state index contributed by atoms with van der Waals surface area (Å²) >= 11 is 0. The van der Waals surface area contributed by atoms with E-state index in [1.54, 1.807) is 13.8 Å². The lowest BCUT2D eigenvalue weighted by atomic mass is 10.0. The van der Waals surface area contributed by atoms with Gasteiger partial charge in [-0.15, -0.1) is 0 Å². The van der Waals surface area contributed by atoms with Crippen LogP contribution in [0.1, 0.15) is 74.7 Å². The Balaban J connectivity index is 1.95. The number of likely N-dealkylation sites (N-methyl/N-ethyl adjacent to an activating group) is 1. The highest BCUT2D eigenvalue weighted by molar-refractivity contribution is 7.89. The van der Waals surface area contributed by atoms with Gasteiger partial charge >= 0.3 is 6.18 Å². The second kappa shape index (κ2) is 16.3. The molecule has 12 nitrogen and oxygen atoms in total. The van der Waals surface area contributed by atoms with Crippen LogP contribution in [-0.4, -0.2) is 97.5 Å². The molecular weight excluding hydrogens is 645 g/mol. The highest BCUT2D eigenvalue weighted by Gasteiger charge is 2.34. The molecule has 3 rings (SSSR count). The van der Waals surface area contributed by atoms with Crippen molar-refractivity contribution in [2.24, 2.45) is 5.92 Å². The van der Waals surface area contributed by atoms with Crippen LogP contribution in [-0.2, 0) is 19.6 Å². The number of benzene rings is 1. The van der Waals surface area contributed by atoms with E-state index in [9.17, 15) is 36.3 Å². The van der Waals surface area contributed by atoms with E-state index in [1.165, 1.54) is 41.4 Å². The number of aliphatic hydroxyl groups is 1. The van der Waals surface area contributed by atoms with Gasteiger partial charge in [0.2, 0.25) is 15.9 Å². The van der Waals surface area contributed by atoms with E-state index in [0.29, 0.717) is 25.9 Å². The van der Waals surface area contributed by atoms with Crippen LogP contribution in [0, 0.1) is 19.8 Å². The summed E-state index contributed by atoms with van der Waals surface area (Å²) in [6.07, 6.45) is -5.60. The summed E-state index contributed by atoms with van der Waals surface area (Å²) in [6, 6.07) is 3.59. The van der Waals surface area contributed by atoms with Gasteiger partial charge in [-0.05, 0) is 65.2 Å². The molecule has 1 aliphatic rings. The number of amides is 2. The van der Waals surface area contributed by atoms with Crippen LogP contribution >= 0.6 is 0 Å². The number of halogens is 3. The second-order valence-electron chi connectivity index (χ2n) is 12.1. The Labute approximate surface area is 273 Å². The first-order chi connectivity index (χ1) is 21.9. The predicted octanol–water partition coefficient (Wildman–Crippen LogP) is 4.69. The van der Waals surface area contributed by atoms with Gasteiger partial charge in [0.25, 0.3) is 5.91 Å². The van der Waals surface area contributed by atoms with Crippen LogP contribution in [0.4, 0.5) is 18.9 Å². The van der Waals surface area contributed by atoms with Crippen LogP contribution in [0.3, 0.4) is 0 Å². The predicted molar refractivity (Wildman–Crippen MR) is 167 cm³/mol. The number of sulfonamides is 1. The quantitative estimate of drug-likeness (QED) is 0.382. The molecule has 0 saturated heterocycles. The molecule has 0 saturated carbocycles. The minimum atomic E-state index is -4.50. The third kappa shape index (κ3) is 10.4. The molecular formula is C31H45F3N4O8S. The molecule has 16 heteroatoms. The van der Waals surface area contributed by atoms with Crippen molar-refractivity contribution < 1.29 is 50.3 Å². The van der Waals surface area contributed by atoms with Crippen LogP contribution < -0.4 is 10.1 Å². The number of aryl methyl sites for hydroxylation is 2. The smallest absolute Gasteiger partial charge is 0.389 e. The minimum Gasteiger partial charge on any atom is -0.490 e. The molecule has 2 amide bonds. The maximum atomic E-state index is 14.2. The standard InChI is InChI=1S/C31H45F3N4O8S/c1-19-16-38(20(2)18-39)30(41)25-15-24(35-28(40)12-13-31(32,33)34)10-11-26(25)45-21(3)9-7-8-14-44-27(19)17-37(6)47(42,43)29-22(4)36-46-23(29)5/h10-11,15,19-21,27,39H,7-9,12-14,16-18H2,1-6H3,(H,35,40)/t19-,20+,21+,27+/m1/s1. The summed E-state index contributed by atoms with van der Waals surface area (Å²) < 4.78 is 83.6. The summed E-state index contributed by atoms with van der Waals surface area (Å²) in [4.78, 5) is 27.8. The lowest BCUT2D eigenvalue weighted by molar-refractivity contribution is -0.142. The maximum absolute atomic E-state index is 14.2. The average Bonchev–Trinajstić information content (AvgIpc) is 3.35. The highest BCUT2D eigenvalue weighted by Crippen LogP contribution is 2.30. The zero-order chi connectivity index (χ0) is 35.1. The maximum Gasteiger partial charge on any atom is 0.389 e. The molecule has 47 heavy (non-hydrogen) atoms. The van der Waals surface area contributed by atoms with Gasteiger partial charge in [-0.2, -0.15) is 17.5 Å². The van der Waals surface area contributed by atoms with Crippen molar-refractivity contribution in [1.29, 1.82) is 0 Å². The number of carbonyl (C=O) groups excluding carboxylic acids is 2. The van der Waals surface area contributed by atoms with Gasteiger partial charge in [-0.3, -0.25) is 9.59 Å². The Morgan fingerprint density at radius 3 is 2.55 bits per heavy atom. The van der Waals surface area contributed by atoms with Crippen LogP contribution in [0.2, 0.25) is 0 Å². The average molecular weight is 691 g/mol. The van der Waals surface area contributed by atoms with Gasteiger partial charge in [-0.1, -0.05) is 12.1 Å². The highest BCUT2D eigenvalue weighted by atomic mass is 32.2. The molecule has 0 radical (unpaired) electrons. The monoisotopic (exact) mass is 690 g/mol. The van der Waals surface area contributed by atoms with E-state index < -0.39 is 65.5 Å². The van der Waals surface area contributed by atoms with E-state index >= 15 is 0 Å². The number of carbonyl (C=O) groups is 2. The Morgan fingerprint density at radius 1 is 1.23 bits per heavy atom. The van der Waals surface area contributed by atoms with Crippen LogP contribution in [0.25, 0.3) is 0 Å². The molecule has 0 bridgehead atoms. The Morgan fingerprint density at radius 2 is 1.94 bits per heavy atom. The van der Waals surface area contributed by atoms with Gasteiger partial charge in [0, 0.05) is 44.8 Å². The van der Waals surface area contributed by atoms with Crippen molar-refractivity contribution in [2.45, 2.75) is 96.0 Å². The number of nitrogens with one attached hydrogen (secondary N) is 1. The minimum absolute atomic E-state index is 0.0221. The van der Waals surface area contributed by atoms with Crippen molar-refractivity contribution in [3.8, 4) is 5.75 Å². The summed E-state index contributed by atoms with van der Waals surface area (Å²) in [5, 5.41) is 16.3. The van der Waals surface area contributed by atoms with Gasteiger partial charge in [0.1, 0.15) is 16.3 Å². The molecule has 2 heterocycles. The van der Waals surface area contributed by atoms with Crippen molar-refractivity contribution in [3.63, 3.8) is 0 Å². The Hall–Kier alpha value is -3.21. The van der Waals surface area contributed by atoms with E-state index in [0.717, 1.165) is 0 Å². The van der Waals surface area contributed by atoms with Crippen molar-refractivity contribution in [2.75, 3.05) is 38.7 Å². The number of aliphatic hydroxyl groups excluding tert-OH is 1. The number of ether oxygens (including phenoxy) is 2. The third-order valence-corrected chi connectivity index (χ3v) is 10.1. The first-order valence-electron chi connectivity index (χ1n) is 15.5. The van der Waals surface area contributed by atoms with Crippen LogP contribution in [0.15, 0.2) is 27.6 Å². The van der Waals surface area contributed by atoms with E-state index in [2.05, 4.69) is 10.5 Å². The topological polar surface area (TPSA) is 152 Å². The number of fused-ring (bicyclic) bond motifs is 1. The van der Waals surface area contributed by atoms with E-state index in [4.69, 9.17) is 14.0 Å². The number of hydrogen-bond donors (Lipinski definition) is 2. The summed E-state index contributed by atoms with van der Waals surface area (Å²) in [7, 11) is -2.57. The number of anilines is 1. The first-order valence-corrected chi connectivity index (χ1v) is 17.0. The van der Waals surface area contributed by atoms with Gasteiger partial charge in [0.15, 0.2) is 5.76 Å². The molecule has 0 aliphatic carbocycles. The number of rotatable bonds is 9. The Bertz CT molecular complexity index is 1460. The molecule has 0 fully saturated rings. The zero-order valence-corrected chi connectivity index (χ0v) is 28.4. The number of hydrogen-bond acceptors (Lipinski definition) is 9. The molecule has 2 aromatic rings. The van der Waals surface area contributed by atoms with Crippen molar-refractivity contribution in [3.05, 3.63) is 35.2 Å². The van der Waals surface area contributed by atoms with Gasteiger partial charge in [-0.25, -0.2) is 8.42 Å². The molecule has 4 atom stereocenters. The molecule has 0 unspecified atom stereocenters. The van der Waals surface area contributed by atoms with Crippen molar-refractivity contribution in [1.82, 2.24) is 14.4 Å². The second-order valence-corrected chi connectivity index (χ2v) is 14.1. The number of aromatic nitrogens is 1. The summed E-state index contributed by atoms with van der Waals surface area (Å²) in [5.74, 6) is -1.48.